The average molecular weight is 659 g/mol. The fourth-order valence-corrected chi connectivity index (χ4v) is 6.60. The lowest BCUT2D eigenvalue weighted by Gasteiger charge is -2.34. The number of fused-ring (bicyclic) bond motifs is 3. The second-order valence-electron chi connectivity index (χ2n) is 12.2. The molecule has 0 amide bonds. The van der Waals surface area contributed by atoms with E-state index in [1.807, 2.05) is 0 Å². The van der Waals surface area contributed by atoms with Crippen LogP contribution in [0.1, 0.15) is 72.9 Å². The quantitative estimate of drug-likeness (QED) is 0.0598. The van der Waals surface area contributed by atoms with E-state index in [2.05, 4.69) is 98.8 Å². The van der Waals surface area contributed by atoms with Crippen LogP contribution in [0.3, 0.4) is 0 Å². The van der Waals surface area contributed by atoms with Crippen molar-refractivity contribution in [1.82, 2.24) is 0 Å². The molecule has 1 aliphatic rings. The van der Waals surface area contributed by atoms with Gasteiger partial charge in [-0.1, -0.05) is 84.9 Å². The zero-order chi connectivity index (χ0) is 34.6. The summed E-state index contributed by atoms with van der Waals surface area (Å²) in [5.41, 5.74) is 8.90. The molecule has 4 aromatic carbocycles. The Morgan fingerprint density at radius 3 is 1.39 bits per heavy atom. The van der Waals surface area contributed by atoms with E-state index in [9.17, 15) is 9.59 Å². The van der Waals surface area contributed by atoms with Crippen LogP contribution in [-0.2, 0) is 24.5 Å². The normalized spacial score (nSPS) is 12.9. The van der Waals surface area contributed by atoms with Gasteiger partial charge in [0.05, 0.1) is 31.8 Å². The Morgan fingerprint density at radius 1 is 0.571 bits per heavy atom. The molecule has 49 heavy (non-hydrogen) atoms. The lowest BCUT2D eigenvalue weighted by molar-refractivity contribution is -0.138. The standard InChI is InChI=1S/C43H46O6/c1-5-15-41(44)48-27-13-11-25-46-39-23-21-33(29-31(39)3)43(37-19-9-7-17-35(37)36-18-8-10-20-38(36)43)34-22-24-40(32(4)30-34)47-26-12-14-28-49-42(45)16-6-2/h5-10,15-24,29-30H,11-14,25-28H2,1-4H3. The predicted octanol–water partition coefficient (Wildman–Crippen LogP) is 9.22. The molecule has 0 aromatic heterocycles. The van der Waals surface area contributed by atoms with E-state index in [0.29, 0.717) is 26.4 Å². The minimum Gasteiger partial charge on any atom is -0.493 e. The van der Waals surface area contributed by atoms with Crippen LogP contribution in [0.2, 0.25) is 0 Å². The van der Waals surface area contributed by atoms with Gasteiger partial charge >= 0.3 is 11.9 Å². The SMILES string of the molecule is CC=CC(=O)OCCCCOc1ccc(C2(c3ccc(OCCCCOC(=O)C=CC)c(C)c3)c3ccccc3-c3ccccc32)cc1C. The number of hydrogen-bond donors (Lipinski definition) is 0. The number of unbranched alkanes of at least 4 members (excludes halogenated alkanes) is 2. The van der Waals surface area contributed by atoms with E-state index in [4.69, 9.17) is 18.9 Å². The van der Waals surface area contributed by atoms with Crippen molar-refractivity contribution in [3.8, 4) is 22.6 Å². The molecule has 0 atom stereocenters. The molecule has 0 bridgehead atoms. The van der Waals surface area contributed by atoms with Gasteiger partial charge in [-0.25, -0.2) is 9.59 Å². The third-order valence-corrected chi connectivity index (χ3v) is 8.85. The van der Waals surface area contributed by atoms with Gasteiger partial charge in [-0.2, -0.15) is 0 Å². The molecule has 0 saturated heterocycles. The molecule has 4 aromatic rings. The molecule has 0 unspecified atom stereocenters. The van der Waals surface area contributed by atoms with Gasteiger partial charge in [-0.05, 0) is 110 Å². The number of ether oxygens (including phenoxy) is 4. The lowest BCUT2D eigenvalue weighted by Crippen LogP contribution is -2.29. The average Bonchev–Trinajstić information content (AvgIpc) is 3.40. The van der Waals surface area contributed by atoms with Gasteiger partial charge in [-0.3, -0.25) is 0 Å². The molecule has 0 radical (unpaired) electrons. The molecule has 0 spiro atoms. The Kier molecular flexibility index (Phi) is 12.1. The molecule has 6 nitrogen and oxygen atoms in total. The van der Waals surface area contributed by atoms with Crippen LogP contribution in [0, 0.1) is 13.8 Å². The van der Waals surface area contributed by atoms with Crippen molar-refractivity contribution in [2.24, 2.45) is 0 Å². The number of aryl methyl sites for hydroxylation is 2. The summed E-state index contributed by atoms with van der Waals surface area (Å²) in [6.45, 7) is 9.63. The molecule has 0 aliphatic heterocycles. The van der Waals surface area contributed by atoms with E-state index in [-0.39, 0.29) is 11.9 Å². The molecule has 5 rings (SSSR count). The highest BCUT2D eigenvalue weighted by Gasteiger charge is 2.46. The Balaban J connectivity index is 1.39. The molecular weight excluding hydrogens is 612 g/mol. The monoisotopic (exact) mass is 658 g/mol. The lowest BCUT2D eigenvalue weighted by atomic mass is 9.67. The van der Waals surface area contributed by atoms with Gasteiger partial charge in [0, 0.05) is 12.2 Å². The van der Waals surface area contributed by atoms with Crippen molar-refractivity contribution in [3.63, 3.8) is 0 Å². The number of rotatable bonds is 16. The third kappa shape index (κ3) is 7.97. The van der Waals surface area contributed by atoms with Crippen LogP contribution in [0.15, 0.2) is 109 Å². The van der Waals surface area contributed by atoms with E-state index in [1.165, 1.54) is 45.5 Å². The fraction of sp³-hybridized carbons (Fsp3) is 0.302. The first-order chi connectivity index (χ1) is 23.9. The van der Waals surface area contributed by atoms with Crippen molar-refractivity contribution >= 4 is 11.9 Å². The first-order valence-corrected chi connectivity index (χ1v) is 17.2. The first-order valence-electron chi connectivity index (χ1n) is 17.2. The second kappa shape index (κ2) is 16.8. The summed E-state index contributed by atoms with van der Waals surface area (Å²) >= 11 is 0. The van der Waals surface area contributed by atoms with E-state index >= 15 is 0 Å². The minimum atomic E-state index is -0.534. The molecule has 1 aliphatic carbocycles. The number of carbonyl (C=O) groups excluding carboxylic acids is 2. The van der Waals surface area contributed by atoms with Gasteiger partial charge < -0.3 is 18.9 Å². The van der Waals surface area contributed by atoms with Crippen molar-refractivity contribution in [2.45, 2.75) is 58.8 Å². The highest BCUT2D eigenvalue weighted by molar-refractivity contribution is 5.86. The molecule has 6 heteroatoms. The third-order valence-electron chi connectivity index (χ3n) is 8.85. The smallest absolute Gasteiger partial charge is 0.330 e. The maximum absolute atomic E-state index is 11.5. The zero-order valence-electron chi connectivity index (χ0n) is 29.0. The van der Waals surface area contributed by atoms with Crippen molar-refractivity contribution in [3.05, 3.63) is 143 Å². The molecule has 0 saturated carbocycles. The molecular formula is C43H46O6. The van der Waals surface area contributed by atoms with Crippen molar-refractivity contribution < 1.29 is 28.5 Å². The summed E-state index contributed by atoms with van der Waals surface area (Å²) in [5.74, 6) is 1.07. The number of hydrogen-bond acceptors (Lipinski definition) is 6. The zero-order valence-corrected chi connectivity index (χ0v) is 29.0. The highest BCUT2D eigenvalue weighted by atomic mass is 16.5. The minimum absolute atomic E-state index is 0.312. The van der Waals surface area contributed by atoms with Gasteiger partial charge in [-0.15, -0.1) is 0 Å². The van der Waals surface area contributed by atoms with Gasteiger partial charge in [0.2, 0.25) is 0 Å². The first kappa shape index (κ1) is 35.2. The van der Waals surface area contributed by atoms with Crippen molar-refractivity contribution in [1.29, 1.82) is 0 Å². The number of esters is 2. The summed E-state index contributed by atoms with van der Waals surface area (Å²) in [4.78, 5) is 23.1. The Hall–Kier alpha value is -5.10. The molecule has 254 valence electrons. The number of allylic oxidation sites excluding steroid dienone is 2. The van der Waals surface area contributed by atoms with E-state index in [1.54, 1.807) is 26.0 Å². The van der Waals surface area contributed by atoms with E-state index in [0.717, 1.165) is 48.3 Å². The maximum atomic E-state index is 11.5. The number of carbonyl (C=O) groups is 2. The van der Waals surface area contributed by atoms with Crippen LogP contribution >= 0.6 is 0 Å². The number of benzene rings is 4. The van der Waals surface area contributed by atoms with Crippen LogP contribution in [0.5, 0.6) is 11.5 Å². The fourth-order valence-electron chi connectivity index (χ4n) is 6.60. The summed E-state index contributed by atoms with van der Waals surface area (Å²) in [6, 6.07) is 30.5. The Labute approximate surface area is 290 Å². The summed E-state index contributed by atoms with van der Waals surface area (Å²) in [7, 11) is 0. The summed E-state index contributed by atoms with van der Waals surface area (Å²) in [6.07, 6.45) is 9.25. The van der Waals surface area contributed by atoms with Crippen LogP contribution < -0.4 is 9.47 Å². The topological polar surface area (TPSA) is 71.1 Å². The van der Waals surface area contributed by atoms with Crippen LogP contribution in [0.4, 0.5) is 0 Å². The van der Waals surface area contributed by atoms with Crippen LogP contribution in [-0.4, -0.2) is 38.4 Å². The summed E-state index contributed by atoms with van der Waals surface area (Å²) in [5, 5.41) is 0. The Bertz CT molecular complexity index is 1680. The predicted molar refractivity (Wildman–Crippen MR) is 194 cm³/mol. The van der Waals surface area contributed by atoms with Crippen molar-refractivity contribution in [2.75, 3.05) is 26.4 Å². The van der Waals surface area contributed by atoms with Gasteiger partial charge in [0.15, 0.2) is 0 Å². The highest BCUT2D eigenvalue weighted by Crippen LogP contribution is 2.56. The molecule has 0 heterocycles. The maximum Gasteiger partial charge on any atom is 0.330 e. The van der Waals surface area contributed by atoms with E-state index < -0.39 is 5.41 Å². The van der Waals surface area contributed by atoms with Gasteiger partial charge in [0.1, 0.15) is 11.5 Å². The summed E-state index contributed by atoms with van der Waals surface area (Å²) < 4.78 is 22.8. The van der Waals surface area contributed by atoms with Gasteiger partial charge in [0.25, 0.3) is 0 Å². The molecule has 0 N–H and O–H groups in total. The second-order valence-corrected chi connectivity index (χ2v) is 12.2. The Morgan fingerprint density at radius 2 is 0.980 bits per heavy atom. The molecule has 0 fully saturated rings. The largest absolute Gasteiger partial charge is 0.493 e. The van der Waals surface area contributed by atoms with Crippen LogP contribution in [0.25, 0.3) is 11.1 Å².